The molecule has 1 aliphatic rings. The van der Waals surface area contributed by atoms with Gasteiger partial charge in [0.25, 0.3) is 5.91 Å². The summed E-state index contributed by atoms with van der Waals surface area (Å²) in [5, 5.41) is 14.3. The lowest BCUT2D eigenvalue weighted by atomic mass is 9.85. The minimum Gasteiger partial charge on any atom is -0.497 e. The van der Waals surface area contributed by atoms with Crippen LogP contribution in [0.2, 0.25) is 0 Å². The van der Waals surface area contributed by atoms with E-state index in [9.17, 15) is 9.90 Å². The number of carbonyl (C=O) groups excluding carboxylic acids is 1. The molecule has 0 aliphatic heterocycles. The SMILES string of the molecule is COc1ccc2c(C(=O)NCC3(O)CCCCC3)cc(C)nc2c1. The summed E-state index contributed by atoms with van der Waals surface area (Å²) in [5.41, 5.74) is 1.32. The van der Waals surface area contributed by atoms with E-state index in [2.05, 4.69) is 10.3 Å². The number of carbonyl (C=O) groups is 1. The summed E-state index contributed by atoms with van der Waals surface area (Å²) in [5.74, 6) is 0.540. The number of benzene rings is 1. The van der Waals surface area contributed by atoms with E-state index in [4.69, 9.17) is 4.74 Å². The lowest BCUT2D eigenvalue weighted by Crippen LogP contribution is -2.44. The molecule has 5 nitrogen and oxygen atoms in total. The second-order valence-electron chi connectivity index (χ2n) is 6.66. The zero-order chi connectivity index (χ0) is 17.2. The normalized spacial score (nSPS) is 16.8. The smallest absolute Gasteiger partial charge is 0.252 e. The lowest BCUT2D eigenvalue weighted by Gasteiger charge is -2.32. The number of fused-ring (bicyclic) bond motifs is 1. The molecule has 1 aromatic carbocycles. The van der Waals surface area contributed by atoms with Crippen LogP contribution in [0.5, 0.6) is 5.75 Å². The Morgan fingerprint density at radius 1 is 1.29 bits per heavy atom. The molecule has 2 aromatic rings. The van der Waals surface area contributed by atoms with Gasteiger partial charge in [0, 0.05) is 23.7 Å². The van der Waals surface area contributed by atoms with Crippen LogP contribution < -0.4 is 10.1 Å². The largest absolute Gasteiger partial charge is 0.497 e. The van der Waals surface area contributed by atoms with E-state index in [1.54, 1.807) is 13.2 Å². The number of hydrogen-bond donors (Lipinski definition) is 2. The molecule has 0 atom stereocenters. The molecule has 1 aliphatic carbocycles. The van der Waals surface area contributed by atoms with Gasteiger partial charge in [0.2, 0.25) is 0 Å². The number of hydrogen-bond acceptors (Lipinski definition) is 4. The summed E-state index contributed by atoms with van der Waals surface area (Å²) in [6.07, 6.45) is 4.69. The Morgan fingerprint density at radius 3 is 2.75 bits per heavy atom. The van der Waals surface area contributed by atoms with Crippen LogP contribution in [0.3, 0.4) is 0 Å². The van der Waals surface area contributed by atoms with Crippen molar-refractivity contribution < 1.29 is 14.6 Å². The summed E-state index contributed by atoms with van der Waals surface area (Å²) >= 11 is 0. The molecule has 0 radical (unpaired) electrons. The van der Waals surface area contributed by atoms with Gasteiger partial charge in [-0.15, -0.1) is 0 Å². The number of nitrogens with zero attached hydrogens (tertiary/aromatic N) is 1. The fourth-order valence-corrected chi connectivity index (χ4v) is 3.38. The maximum Gasteiger partial charge on any atom is 0.252 e. The Balaban J connectivity index is 1.83. The van der Waals surface area contributed by atoms with Crippen molar-refractivity contribution in [1.82, 2.24) is 10.3 Å². The summed E-state index contributed by atoms with van der Waals surface area (Å²) < 4.78 is 5.23. The van der Waals surface area contributed by atoms with Crippen molar-refractivity contribution in [3.05, 3.63) is 35.5 Å². The number of rotatable bonds is 4. The first-order valence-corrected chi connectivity index (χ1v) is 8.47. The van der Waals surface area contributed by atoms with Gasteiger partial charge in [-0.25, -0.2) is 0 Å². The van der Waals surface area contributed by atoms with E-state index in [-0.39, 0.29) is 5.91 Å². The van der Waals surface area contributed by atoms with Crippen LogP contribution in [-0.4, -0.2) is 35.3 Å². The minimum atomic E-state index is -0.769. The Labute approximate surface area is 142 Å². The number of pyridine rings is 1. The predicted octanol–water partition coefficient (Wildman–Crippen LogP) is 2.98. The molecule has 1 amide bonds. The summed E-state index contributed by atoms with van der Waals surface area (Å²) in [6.45, 7) is 2.16. The van der Waals surface area contributed by atoms with Crippen LogP contribution in [0, 0.1) is 6.92 Å². The van der Waals surface area contributed by atoms with Gasteiger partial charge in [0.1, 0.15) is 5.75 Å². The third-order valence-electron chi connectivity index (χ3n) is 4.75. The van der Waals surface area contributed by atoms with Crippen LogP contribution in [0.4, 0.5) is 0 Å². The Hall–Kier alpha value is -2.14. The maximum absolute atomic E-state index is 12.7. The summed E-state index contributed by atoms with van der Waals surface area (Å²) in [6, 6.07) is 7.29. The number of aryl methyl sites for hydroxylation is 1. The second-order valence-corrected chi connectivity index (χ2v) is 6.66. The van der Waals surface area contributed by atoms with Gasteiger partial charge in [-0.05, 0) is 38.0 Å². The molecular formula is C19H24N2O3. The monoisotopic (exact) mass is 328 g/mol. The van der Waals surface area contributed by atoms with Crippen molar-refractivity contribution >= 4 is 16.8 Å². The number of aliphatic hydroxyl groups is 1. The first-order valence-electron chi connectivity index (χ1n) is 8.47. The maximum atomic E-state index is 12.7. The highest BCUT2D eigenvalue weighted by atomic mass is 16.5. The Kier molecular flexibility index (Phi) is 4.71. The van der Waals surface area contributed by atoms with E-state index in [0.717, 1.165) is 48.7 Å². The molecule has 1 aromatic heterocycles. The van der Waals surface area contributed by atoms with Gasteiger partial charge in [-0.2, -0.15) is 0 Å². The number of methoxy groups -OCH3 is 1. The molecule has 0 bridgehead atoms. The van der Waals surface area contributed by atoms with Crippen LogP contribution in [0.15, 0.2) is 24.3 Å². The minimum absolute atomic E-state index is 0.172. The van der Waals surface area contributed by atoms with Crippen LogP contribution in [-0.2, 0) is 0 Å². The van der Waals surface area contributed by atoms with Crippen molar-refractivity contribution in [1.29, 1.82) is 0 Å². The molecule has 1 saturated carbocycles. The molecule has 0 unspecified atom stereocenters. The average Bonchev–Trinajstić information content (AvgIpc) is 2.59. The first-order chi connectivity index (χ1) is 11.5. The van der Waals surface area contributed by atoms with Gasteiger partial charge < -0.3 is 15.2 Å². The topological polar surface area (TPSA) is 71.5 Å². The van der Waals surface area contributed by atoms with Crippen LogP contribution in [0.25, 0.3) is 10.9 Å². The first kappa shape index (κ1) is 16.7. The molecule has 2 N–H and O–H groups in total. The van der Waals surface area contributed by atoms with Gasteiger partial charge in [0.05, 0.1) is 23.8 Å². The second kappa shape index (κ2) is 6.77. The number of amides is 1. The fourth-order valence-electron chi connectivity index (χ4n) is 3.38. The van der Waals surface area contributed by atoms with Crippen molar-refractivity contribution in [2.24, 2.45) is 0 Å². The van der Waals surface area contributed by atoms with E-state index in [1.165, 1.54) is 0 Å². The van der Waals surface area contributed by atoms with E-state index in [0.29, 0.717) is 17.9 Å². The van der Waals surface area contributed by atoms with Crippen LogP contribution in [0.1, 0.15) is 48.2 Å². The van der Waals surface area contributed by atoms with Gasteiger partial charge in [0.15, 0.2) is 0 Å². The van der Waals surface area contributed by atoms with Gasteiger partial charge in [-0.3, -0.25) is 9.78 Å². The van der Waals surface area contributed by atoms with Crippen LogP contribution >= 0.6 is 0 Å². The number of ether oxygens (including phenoxy) is 1. The molecule has 0 saturated heterocycles. The highest BCUT2D eigenvalue weighted by Crippen LogP contribution is 2.28. The third-order valence-corrected chi connectivity index (χ3v) is 4.75. The highest BCUT2D eigenvalue weighted by Gasteiger charge is 2.29. The van der Waals surface area contributed by atoms with Crippen molar-refractivity contribution in [2.75, 3.05) is 13.7 Å². The average molecular weight is 328 g/mol. The third kappa shape index (κ3) is 3.51. The Morgan fingerprint density at radius 2 is 2.04 bits per heavy atom. The van der Waals surface area contributed by atoms with Crippen molar-refractivity contribution in [3.8, 4) is 5.75 Å². The van der Waals surface area contributed by atoms with Gasteiger partial charge >= 0.3 is 0 Å². The highest BCUT2D eigenvalue weighted by molar-refractivity contribution is 6.06. The standard InChI is InChI=1S/C19H24N2O3/c1-13-10-16(15-7-6-14(24-2)11-17(15)21-13)18(22)20-12-19(23)8-4-3-5-9-19/h6-7,10-11,23H,3-5,8-9,12H2,1-2H3,(H,20,22). The molecule has 5 heteroatoms. The van der Waals surface area contributed by atoms with E-state index in [1.807, 2.05) is 25.1 Å². The predicted molar refractivity (Wildman–Crippen MR) is 93.4 cm³/mol. The number of aromatic nitrogens is 1. The summed E-state index contributed by atoms with van der Waals surface area (Å²) in [7, 11) is 1.61. The zero-order valence-corrected chi connectivity index (χ0v) is 14.3. The van der Waals surface area contributed by atoms with Gasteiger partial charge in [-0.1, -0.05) is 19.3 Å². The summed E-state index contributed by atoms with van der Waals surface area (Å²) in [4.78, 5) is 17.2. The molecule has 128 valence electrons. The van der Waals surface area contributed by atoms with E-state index < -0.39 is 5.60 Å². The molecule has 0 spiro atoms. The van der Waals surface area contributed by atoms with E-state index >= 15 is 0 Å². The Bertz CT molecular complexity index is 752. The lowest BCUT2D eigenvalue weighted by molar-refractivity contribution is 0.00527. The molecule has 24 heavy (non-hydrogen) atoms. The number of nitrogens with one attached hydrogen (secondary N) is 1. The molecular weight excluding hydrogens is 304 g/mol. The zero-order valence-electron chi connectivity index (χ0n) is 14.3. The molecule has 3 rings (SSSR count). The van der Waals surface area contributed by atoms with Crippen molar-refractivity contribution in [2.45, 2.75) is 44.6 Å². The van der Waals surface area contributed by atoms with Crippen molar-refractivity contribution in [3.63, 3.8) is 0 Å². The molecule has 1 fully saturated rings. The quantitative estimate of drug-likeness (QED) is 0.905. The fraction of sp³-hybridized carbons (Fsp3) is 0.474. The molecule has 1 heterocycles.